The third-order valence-corrected chi connectivity index (χ3v) is 5.07. The quantitative estimate of drug-likeness (QED) is 0.908. The van der Waals surface area contributed by atoms with Gasteiger partial charge in [0.1, 0.15) is 5.82 Å². The molecule has 0 saturated carbocycles. The fourth-order valence-electron chi connectivity index (χ4n) is 3.88. The van der Waals surface area contributed by atoms with Crippen LogP contribution in [0.3, 0.4) is 0 Å². The van der Waals surface area contributed by atoms with Gasteiger partial charge in [0.05, 0.1) is 17.6 Å². The molecule has 1 N–H and O–H groups in total. The fraction of sp³-hybridized carbons (Fsp3) is 0.611. The van der Waals surface area contributed by atoms with E-state index in [9.17, 15) is 0 Å². The number of imidazole rings is 1. The van der Waals surface area contributed by atoms with Crippen molar-refractivity contribution in [3.63, 3.8) is 0 Å². The Balaban J connectivity index is 1.58. The first kappa shape index (κ1) is 13.3. The molecule has 0 radical (unpaired) electrons. The van der Waals surface area contributed by atoms with E-state index in [2.05, 4.69) is 22.0 Å². The molecule has 112 valence electrons. The molecule has 1 fully saturated rings. The predicted molar refractivity (Wildman–Crippen MR) is 86.5 cm³/mol. The van der Waals surface area contributed by atoms with Gasteiger partial charge in [-0.15, -0.1) is 0 Å². The Hall–Kier alpha value is -1.35. The zero-order chi connectivity index (χ0) is 14.1. The van der Waals surface area contributed by atoms with Crippen molar-refractivity contribution < 1.29 is 0 Å². The molecule has 0 amide bonds. The second kappa shape index (κ2) is 5.80. The Labute approximate surface area is 126 Å². The van der Waals surface area contributed by atoms with Crippen molar-refractivity contribution in [2.45, 2.75) is 57.9 Å². The number of hydrogen-bond acceptors (Lipinski definition) is 2. The summed E-state index contributed by atoms with van der Waals surface area (Å²) in [6, 6.07) is 4.68. The molecule has 1 aliphatic heterocycles. The minimum Gasteiger partial charge on any atom is -0.341 e. The van der Waals surface area contributed by atoms with Gasteiger partial charge in [-0.25, -0.2) is 4.98 Å². The summed E-state index contributed by atoms with van der Waals surface area (Å²) in [4.78, 5) is 11.0. The van der Waals surface area contributed by atoms with Crippen LogP contribution in [0.4, 0.5) is 0 Å². The Morgan fingerprint density at radius 3 is 2.38 bits per heavy atom. The standard InChI is InChI=1S/C18H25N3/c1-2-6-10-21(9-5-1)13-18-19-16-11-14-7-3-4-8-15(14)12-17(16)20-18/h11-12H,1-10,13H2,(H,19,20). The smallest absolute Gasteiger partial charge is 0.121 e. The first-order valence-corrected chi connectivity index (χ1v) is 8.61. The molecule has 1 aliphatic carbocycles. The number of nitrogens with one attached hydrogen (secondary N) is 1. The summed E-state index contributed by atoms with van der Waals surface area (Å²) in [6.45, 7) is 3.44. The molecule has 0 unspecified atom stereocenters. The van der Waals surface area contributed by atoms with Crippen LogP contribution >= 0.6 is 0 Å². The number of likely N-dealkylation sites (tertiary alicyclic amines) is 1. The van der Waals surface area contributed by atoms with Crippen LogP contribution < -0.4 is 0 Å². The van der Waals surface area contributed by atoms with Crippen LogP contribution in [-0.2, 0) is 19.4 Å². The van der Waals surface area contributed by atoms with Gasteiger partial charge in [-0.2, -0.15) is 0 Å². The van der Waals surface area contributed by atoms with Crippen molar-refractivity contribution in [1.82, 2.24) is 14.9 Å². The lowest BCUT2D eigenvalue weighted by atomic mass is 9.91. The fourth-order valence-corrected chi connectivity index (χ4v) is 3.88. The molecular weight excluding hydrogens is 258 g/mol. The molecule has 3 heteroatoms. The third-order valence-electron chi connectivity index (χ3n) is 5.07. The highest BCUT2D eigenvalue weighted by Gasteiger charge is 2.15. The van der Waals surface area contributed by atoms with Gasteiger partial charge in [0.25, 0.3) is 0 Å². The molecule has 1 saturated heterocycles. The predicted octanol–water partition coefficient (Wildman–Crippen LogP) is 3.82. The third kappa shape index (κ3) is 2.84. The Kier molecular flexibility index (Phi) is 3.68. The number of rotatable bonds is 2. The summed E-state index contributed by atoms with van der Waals surface area (Å²) < 4.78 is 0. The van der Waals surface area contributed by atoms with Crippen LogP contribution in [0.5, 0.6) is 0 Å². The molecule has 4 rings (SSSR count). The summed E-state index contributed by atoms with van der Waals surface area (Å²) in [6.07, 6.45) is 10.6. The summed E-state index contributed by atoms with van der Waals surface area (Å²) in [5, 5.41) is 0. The van der Waals surface area contributed by atoms with Gasteiger partial charge in [0.2, 0.25) is 0 Å². The lowest BCUT2D eigenvalue weighted by Gasteiger charge is -2.17. The van der Waals surface area contributed by atoms with E-state index >= 15 is 0 Å². The Morgan fingerprint density at radius 1 is 0.905 bits per heavy atom. The highest BCUT2D eigenvalue weighted by molar-refractivity contribution is 5.77. The van der Waals surface area contributed by atoms with Crippen LogP contribution in [0.2, 0.25) is 0 Å². The highest BCUT2D eigenvalue weighted by atomic mass is 15.1. The minimum absolute atomic E-state index is 0.985. The van der Waals surface area contributed by atoms with E-state index in [1.807, 2.05) is 0 Å². The molecule has 0 spiro atoms. The van der Waals surface area contributed by atoms with Crippen molar-refractivity contribution in [2.75, 3.05) is 13.1 Å². The number of aryl methyl sites for hydroxylation is 2. The second-order valence-corrected chi connectivity index (χ2v) is 6.72. The zero-order valence-corrected chi connectivity index (χ0v) is 12.8. The molecule has 1 aromatic heterocycles. The molecule has 0 atom stereocenters. The van der Waals surface area contributed by atoms with E-state index in [1.165, 1.54) is 81.1 Å². The first-order valence-electron chi connectivity index (χ1n) is 8.61. The van der Waals surface area contributed by atoms with Gasteiger partial charge < -0.3 is 4.98 Å². The van der Waals surface area contributed by atoms with E-state index in [-0.39, 0.29) is 0 Å². The maximum absolute atomic E-state index is 4.85. The topological polar surface area (TPSA) is 31.9 Å². The van der Waals surface area contributed by atoms with E-state index in [1.54, 1.807) is 5.56 Å². The summed E-state index contributed by atoms with van der Waals surface area (Å²) in [5.74, 6) is 1.15. The summed E-state index contributed by atoms with van der Waals surface area (Å²) in [5.41, 5.74) is 5.47. The molecule has 1 aromatic carbocycles. The number of H-pyrrole nitrogens is 1. The van der Waals surface area contributed by atoms with Gasteiger partial charge in [-0.3, -0.25) is 4.90 Å². The van der Waals surface area contributed by atoms with Crippen LogP contribution in [0.15, 0.2) is 12.1 Å². The SMILES string of the molecule is c1c2c(cc3[nH]c(CN4CCCCCC4)nc13)CCCC2. The number of aromatic nitrogens is 2. The maximum Gasteiger partial charge on any atom is 0.121 e. The zero-order valence-electron chi connectivity index (χ0n) is 12.8. The first-order chi connectivity index (χ1) is 10.4. The molecule has 2 aromatic rings. The van der Waals surface area contributed by atoms with E-state index in [0.717, 1.165) is 12.4 Å². The maximum atomic E-state index is 4.85. The van der Waals surface area contributed by atoms with Gasteiger partial charge in [-0.05, 0) is 74.9 Å². The Bertz CT molecular complexity index is 578. The second-order valence-electron chi connectivity index (χ2n) is 6.72. The largest absolute Gasteiger partial charge is 0.341 e. The summed E-state index contributed by atoms with van der Waals surface area (Å²) in [7, 11) is 0. The van der Waals surface area contributed by atoms with Crippen molar-refractivity contribution in [3.8, 4) is 0 Å². The number of benzene rings is 1. The van der Waals surface area contributed by atoms with Crippen LogP contribution in [-0.4, -0.2) is 28.0 Å². The van der Waals surface area contributed by atoms with Gasteiger partial charge in [-0.1, -0.05) is 12.8 Å². The van der Waals surface area contributed by atoms with Crippen molar-refractivity contribution in [2.24, 2.45) is 0 Å². The molecule has 21 heavy (non-hydrogen) atoms. The van der Waals surface area contributed by atoms with Crippen LogP contribution in [0.1, 0.15) is 55.5 Å². The normalized spacial score (nSPS) is 20.4. The Morgan fingerprint density at radius 2 is 1.62 bits per heavy atom. The number of aromatic amines is 1. The van der Waals surface area contributed by atoms with Crippen molar-refractivity contribution in [1.29, 1.82) is 0 Å². The van der Waals surface area contributed by atoms with E-state index < -0.39 is 0 Å². The molecule has 2 aliphatic rings. The minimum atomic E-state index is 0.985. The van der Waals surface area contributed by atoms with Gasteiger partial charge in [0.15, 0.2) is 0 Å². The lowest BCUT2D eigenvalue weighted by Crippen LogP contribution is -2.24. The average Bonchev–Trinajstić information content (AvgIpc) is 2.70. The highest BCUT2D eigenvalue weighted by Crippen LogP contribution is 2.26. The van der Waals surface area contributed by atoms with E-state index in [4.69, 9.17) is 4.98 Å². The average molecular weight is 283 g/mol. The summed E-state index contributed by atoms with van der Waals surface area (Å²) >= 11 is 0. The van der Waals surface area contributed by atoms with Gasteiger partial charge >= 0.3 is 0 Å². The van der Waals surface area contributed by atoms with Crippen LogP contribution in [0.25, 0.3) is 11.0 Å². The van der Waals surface area contributed by atoms with Gasteiger partial charge in [0, 0.05) is 0 Å². The van der Waals surface area contributed by atoms with Crippen molar-refractivity contribution >= 4 is 11.0 Å². The molecule has 2 heterocycles. The molecule has 0 bridgehead atoms. The molecular formula is C18H25N3. The van der Waals surface area contributed by atoms with Crippen molar-refractivity contribution in [3.05, 3.63) is 29.1 Å². The number of nitrogens with zero attached hydrogens (tertiary/aromatic N) is 2. The number of fused-ring (bicyclic) bond motifs is 2. The lowest BCUT2D eigenvalue weighted by molar-refractivity contribution is 0.271. The monoisotopic (exact) mass is 283 g/mol. The number of hydrogen-bond donors (Lipinski definition) is 1. The van der Waals surface area contributed by atoms with E-state index in [0.29, 0.717) is 0 Å². The van der Waals surface area contributed by atoms with Crippen LogP contribution in [0, 0.1) is 0 Å². The molecule has 3 nitrogen and oxygen atoms in total.